The molecule has 0 aromatic rings. The maximum atomic E-state index is 10.6. The lowest BCUT2D eigenvalue weighted by atomic mass is 9.44. The Balaban J connectivity index is 1.69. The highest BCUT2D eigenvalue weighted by atomic mass is 16.3. The molecule has 2 nitrogen and oxygen atoms in total. The molecule has 4 fully saturated rings. The van der Waals surface area contributed by atoms with Crippen molar-refractivity contribution in [3.05, 3.63) is 11.6 Å². The Morgan fingerprint density at radius 3 is 2.62 bits per heavy atom. The van der Waals surface area contributed by atoms with Crippen molar-refractivity contribution in [1.29, 1.82) is 0 Å². The van der Waals surface area contributed by atoms with Crippen LogP contribution in [0, 0.1) is 34.5 Å². The molecule has 24 heavy (non-hydrogen) atoms. The van der Waals surface area contributed by atoms with Crippen LogP contribution in [0.3, 0.4) is 0 Å². The summed E-state index contributed by atoms with van der Waals surface area (Å²) in [5.74, 6) is 2.19. The van der Waals surface area contributed by atoms with Crippen LogP contribution in [0.1, 0.15) is 79.9 Å². The standard InChI is InChI=1S/C22H36O2/c1-4-15-6-8-18-17-7-5-16-13-20(2,24)11-12-22(16,14-23)19(17)9-10-21(15,18)3/h4,16-19,23-24H,5-14H2,1-3H3/b15-4-/t16-,17+,18+,19+,20-,21-,22-/m1/s1/i14D/t14?,16-,17+,18+,19+,20-,21-,22-. The summed E-state index contributed by atoms with van der Waals surface area (Å²) >= 11 is 0. The van der Waals surface area contributed by atoms with E-state index in [-0.39, 0.29) is 5.41 Å². The third kappa shape index (κ3) is 2.21. The molecule has 0 heterocycles. The molecule has 4 aliphatic carbocycles. The van der Waals surface area contributed by atoms with E-state index < -0.39 is 12.2 Å². The lowest BCUT2D eigenvalue weighted by molar-refractivity contribution is -0.164. The largest absolute Gasteiger partial charge is 0.396 e. The summed E-state index contributed by atoms with van der Waals surface area (Å²) < 4.78 is 8.42. The van der Waals surface area contributed by atoms with Crippen LogP contribution in [0.25, 0.3) is 0 Å². The fourth-order valence-corrected chi connectivity index (χ4v) is 7.71. The molecule has 0 bridgehead atoms. The van der Waals surface area contributed by atoms with Crippen LogP contribution >= 0.6 is 0 Å². The zero-order chi connectivity index (χ0) is 18.0. The topological polar surface area (TPSA) is 40.5 Å². The van der Waals surface area contributed by atoms with Crippen molar-refractivity contribution in [1.82, 2.24) is 0 Å². The molecular formula is C22H36O2. The summed E-state index contributed by atoms with van der Waals surface area (Å²) in [5, 5.41) is 21.3. The van der Waals surface area contributed by atoms with Gasteiger partial charge in [0.1, 0.15) is 0 Å². The van der Waals surface area contributed by atoms with E-state index in [1.54, 1.807) is 5.57 Å². The maximum absolute atomic E-state index is 10.6. The van der Waals surface area contributed by atoms with E-state index in [2.05, 4.69) is 19.9 Å². The molecule has 0 aromatic heterocycles. The Hall–Kier alpha value is -0.340. The van der Waals surface area contributed by atoms with Gasteiger partial charge in [0.25, 0.3) is 0 Å². The van der Waals surface area contributed by atoms with Gasteiger partial charge in [-0.1, -0.05) is 18.6 Å². The van der Waals surface area contributed by atoms with Crippen molar-refractivity contribution < 1.29 is 11.6 Å². The minimum Gasteiger partial charge on any atom is -0.396 e. The van der Waals surface area contributed by atoms with Crippen molar-refractivity contribution in [2.75, 3.05) is 6.58 Å². The van der Waals surface area contributed by atoms with Gasteiger partial charge in [-0.15, -0.1) is 0 Å². The second kappa shape index (κ2) is 5.58. The lowest BCUT2D eigenvalue weighted by Gasteiger charge is -2.62. The molecule has 4 aliphatic rings. The molecule has 0 saturated heterocycles. The first-order valence-electron chi connectivity index (χ1n) is 10.8. The van der Waals surface area contributed by atoms with Gasteiger partial charge in [0.15, 0.2) is 0 Å². The number of hydrogen-bond donors (Lipinski definition) is 2. The quantitative estimate of drug-likeness (QED) is 0.683. The summed E-state index contributed by atoms with van der Waals surface area (Å²) in [5.41, 5.74) is 1.14. The molecule has 2 heteroatoms. The molecule has 4 rings (SSSR count). The van der Waals surface area contributed by atoms with Gasteiger partial charge in [-0.05, 0) is 106 Å². The molecule has 2 N–H and O–H groups in total. The van der Waals surface area contributed by atoms with E-state index in [1.165, 1.54) is 25.7 Å². The predicted molar refractivity (Wildman–Crippen MR) is 97.5 cm³/mol. The molecule has 0 aliphatic heterocycles. The van der Waals surface area contributed by atoms with Gasteiger partial charge in [-0.2, -0.15) is 0 Å². The number of allylic oxidation sites excluding steroid dienone is 2. The Morgan fingerprint density at radius 1 is 1.12 bits per heavy atom. The first-order valence-corrected chi connectivity index (χ1v) is 10.2. The summed E-state index contributed by atoms with van der Waals surface area (Å²) in [6.07, 6.45) is 11.9. The van der Waals surface area contributed by atoms with E-state index in [9.17, 15) is 10.2 Å². The maximum Gasteiger partial charge on any atom is 0.0622 e. The van der Waals surface area contributed by atoms with Gasteiger partial charge < -0.3 is 10.2 Å². The van der Waals surface area contributed by atoms with Crippen LogP contribution < -0.4 is 0 Å². The molecule has 0 aromatic carbocycles. The molecule has 0 spiro atoms. The average molecular weight is 334 g/mol. The van der Waals surface area contributed by atoms with E-state index in [0.717, 1.165) is 38.0 Å². The number of aliphatic hydroxyl groups excluding tert-OH is 1. The lowest BCUT2D eigenvalue weighted by Crippen LogP contribution is -2.57. The Labute approximate surface area is 149 Å². The van der Waals surface area contributed by atoms with E-state index in [4.69, 9.17) is 1.37 Å². The number of rotatable bonds is 1. The van der Waals surface area contributed by atoms with E-state index in [0.29, 0.717) is 23.2 Å². The van der Waals surface area contributed by atoms with Crippen LogP contribution in [0.15, 0.2) is 11.6 Å². The minimum absolute atomic E-state index is 0.273. The van der Waals surface area contributed by atoms with Gasteiger partial charge in [0, 0.05) is 6.58 Å². The normalized spacial score (nSPS) is 57.7. The monoisotopic (exact) mass is 333 g/mol. The van der Waals surface area contributed by atoms with Crippen molar-refractivity contribution in [2.24, 2.45) is 34.5 Å². The van der Waals surface area contributed by atoms with Crippen molar-refractivity contribution in [3.63, 3.8) is 0 Å². The summed E-state index contributed by atoms with van der Waals surface area (Å²) in [4.78, 5) is 0. The second-order valence-corrected chi connectivity index (χ2v) is 9.90. The summed E-state index contributed by atoms with van der Waals surface area (Å²) in [6.45, 7) is 5.64. The zero-order valence-electron chi connectivity index (χ0n) is 16.7. The Morgan fingerprint density at radius 2 is 1.92 bits per heavy atom. The number of fused-ring (bicyclic) bond motifs is 5. The second-order valence-electron chi connectivity index (χ2n) is 9.90. The van der Waals surface area contributed by atoms with Gasteiger partial charge in [0.05, 0.1) is 6.97 Å². The summed E-state index contributed by atoms with van der Waals surface area (Å²) in [6, 6.07) is 0. The fourth-order valence-electron chi connectivity index (χ4n) is 7.71. The highest BCUT2D eigenvalue weighted by Crippen LogP contribution is 2.67. The van der Waals surface area contributed by atoms with E-state index >= 15 is 0 Å². The van der Waals surface area contributed by atoms with Gasteiger partial charge in [0.2, 0.25) is 0 Å². The van der Waals surface area contributed by atoms with Gasteiger partial charge in [-0.25, -0.2) is 0 Å². The Kier molecular flexibility index (Phi) is 3.69. The highest BCUT2D eigenvalue weighted by Gasteiger charge is 2.61. The molecule has 4 saturated carbocycles. The average Bonchev–Trinajstić information content (AvgIpc) is 2.89. The van der Waals surface area contributed by atoms with Gasteiger partial charge >= 0.3 is 0 Å². The highest BCUT2D eigenvalue weighted by molar-refractivity contribution is 5.24. The molecule has 8 atom stereocenters. The predicted octanol–water partition coefficient (Wildman–Crippen LogP) is 4.70. The Bertz CT molecular complexity index is 568. The third-order valence-corrected chi connectivity index (χ3v) is 8.96. The number of aliphatic hydroxyl groups is 2. The van der Waals surface area contributed by atoms with Crippen molar-refractivity contribution >= 4 is 0 Å². The first kappa shape index (κ1) is 15.9. The smallest absolute Gasteiger partial charge is 0.0622 e. The van der Waals surface area contributed by atoms with Crippen molar-refractivity contribution in [2.45, 2.75) is 84.2 Å². The number of hydrogen-bond acceptors (Lipinski definition) is 2. The molecule has 0 amide bonds. The van der Waals surface area contributed by atoms with Crippen LogP contribution in [-0.2, 0) is 0 Å². The van der Waals surface area contributed by atoms with Crippen LogP contribution in [0.4, 0.5) is 0 Å². The zero-order valence-corrected chi connectivity index (χ0v) is 15.7. The first-order chi connectivity index (χ1) is 11.7. The minimum atomic E-state index is -0.992. The van der Waals surface area contributed by atoms with E-state index in [1.807, 2.05) is 6.92 Å². The molecule has 1 unspecified atom stereocenters. The van der Waals surface area contributed by atoms with Crippen LogP contribution in [0.5, 0.6) is 0 Å². The van der Waals surface area contributed by atoms with Crippen LogP contribution in [0.2, 0.25) is 0 Å². The molecule has 136 valence electrons. The van der Waals surface area contributed by atoms with Crippen molar-refractivity contribution in [3.8, 4) is 0 Å². The SMILES string of the molecule is [2H]C(O)[C@]12CC[C@@](C)(O)C[C@H]1CC[C@@H]1[C@@H]2CC[C@]2(C)/C(=C\C)CC[C@@H]12. The van der Waals surface area contributed by atoms with Crippen LogP contribution in [-0.4, -0.2) is 22.4 Å². The third-order valence-electron chi connectivity index (χ3n) is 8.96. The van der Waals surface area contributed by atoms with Gasteiger partial charge in [-0.3, -0.25) is 0 Å². The fraction of sp³-hybridized carbons (Fsp3) is 0.909. The summed E-state index contributed by atoms with van der Waals surface area (Å²) in [7, 11) is 0. The molecular weight excluding hydrogens is 296 g/mol. The molecule has 0 radical (unpaired) electrons.